The van der Waals surface area contributed by atoms with Gasteiger partial charge in [-0.1, -0.05) is 15.9 Å². The van der Waals surface area contributed by atoms with Gasteiger partial charge in [-0.25, -0.2) is 0 Å². The highest BCUT2D eigenvalue weighted by Crippen LogP contribution is 2.28. The quantitative estimate of drug-likeness (QED) is 0.846. The van der Waals surface area contributed by atoms with Crippen molar-refractivity contribution in [2.75, 3.05) is 6.54 Å². The molecule has 2 rings (SSSR count). The van der Waals surface area contributed by atoms with Gasteiger partial charge in [0.25, 0.3) is 5.91 Å². The van der Waals surface area contributed by atoms with Crippen molar-refractivity contribution in [2.45, 2.75) is 37.4 Å². The Morgan fingerprint density at radius 1 is 1.41 bits per heavy atom. The van der Waals surface area contributed by atoms with Crippen LogP contribution in [0.2, 0.25) is 0 Å². The van der Waals surface area contributed by atoms with E-state index in [4.69, 9.17) is 0 Å². The summed E-state index contributed by atoms with van der Waals surface area (Å²) in [5, 5.41) is 3.05. The SMILES string of the molecule is Cc1ccc(C(=O)NCC2CCC(Br)CC2)s1. The highest BCUT2D eigenvalue weighted by molar-refractivity contribution is 9.09. The lowest BCUT2D eigenvalue weighted by molar-refractivity contribution is 0.0948. The van der Waals surface area contributed by atoms with Gasteiger partial charge in [0.05, 0.1) is 4.88 Å². The molecule has 17 heavy (non-hydrogen) atoms. The molecule has 2 nitrogen and oxygen atoms in total. The molecule has 0 radical (unpaired) electrons. The van der Waals surface area contributed by atoms with Gasteiger partial charge in [0, 0.05) is 16.2 Å². The molecular weight excluding hydrogens is 298 g/mol. The van der Waals surface area contributed by atoms with Crippen LogP contribution in [0.4, 0.5) is 0 Å². The summed E-state index contributed by atoms with van der Waals surface area (Å²) in [7, 11) is 0. The molecule has 1 aliphatic rings. The van der Waals surface area contributed by atoms with Crippen LogP contribution in [0.5, 0.6) is 0 Å². The minimum absolute atomic E-state index is 0.0871. The average molecular weight is 316 g/mol. The largest absolute Gasteiger partial charge is 0.351 e. The van der Waals surface area contributed by atoms with E-state index in [9.17, 15) is 4.79 Å². The van der Waals surface area contributed by atoms with Gasteiger partial charge in [0.1, 0.15) is 0 Å². The van der Waals surface area contributed by atoms with E-state index in [1.807, 2.05) is 19.1 Å². The number of halogens is 1. The second kappa shape index (κ2) is 6.01. The number of alkyl halides is 1. The predicted molar refractivity (Wildman–Crippen MR) is 76.1 cm³/mol. The normalized spacial score (nSPS) is 24.6. The molecule has 1 aromatic rings. The Balaban J connectivity index is 1.76. The molecule has 1 aromatic heterocycles. The van der Waals surface area contributed by atoms with Crippen molar-refractivity contribution < 1.29 is 4.79 Å². The first-order valence-corrected chi connectivity index (χ1v) is 7.87. The number of amides is 1. The number of hydrogen-bond donors (Lipinski definition) is 1. The number of nitrogens with one attached hydrogen (secondary N) is 1. The molecule has 0 aliphatic heterocycles. The lowest BCUT2D eigenvalue weighted by Gasteiger charge is -2.25. The van der Waals surface area contributed by atoms with Gasteiger partial charge in [0.15, 0.2) is 0 Å². The first kappa shape index (κ1) is 13.1. The smallest absolute Gasteiger partial charge is 0.261 e. The van der Waals surface area contributed by atoms with Crippen LogP contribution in [-0.4, -0.2) is 17.3 Å². The summed E-state index contributed by atoms with van der Waals surface area (Å²) in [4.78, 5) is 14.6. The molecule has 1 heterocycles. The average Bonchev–Trinajstić information content (AvgIpc) is 2.75. The molecule has 0 spiro atoms. The third-order valence-electron chi connectivity index (χ3n) is 3.29. The van der Waals surface area contributed by atoms with Crippen molar-refractivity contribution in [3.63, 3.8) is 0 Å². The van der Waals surface area contributed by atoms with Crippen LogP contribution in [0.25, 0.3) is 0 Å². The highest BCUT2D eigenvalue weighted by Gasteiger charge is 2.19. The van der Waals surface area contributed by atoms with E-state index in [2.05, 4.69) is 21.2 Å². The van der Waals surface area contributed by atoms with Crippen LogP contribution in [0.1, 0.15) is 40.2 Å². The molecule has 0 aromatic carbocycles. The molecule has 1 saturated carbocycles. The molecule has 1 aliphatic carbocycles. The van der Waals surface area contributed by atoms with E-state index in [1.54, 1.807) is 11.3 Å². The highest BCUT2D eigenvalue weighted by atomic mass is 79.9. The number of rotatable bonds is 3. The molecule has 0 saturated heterocycles. The fraction of sp³-hybridized carbons (Fsp3) is 0.615. The summed E-state index contributed by atoms with van der Waals surface area (Å²) in [5.74, 6) is 0.748. The Labute approximate surface area is 115 Å². The lowest BCUT2D eigenvalue weighted by atomic mass is 9.89. The Morgan fingerprint density at radius 2 is 2.12 bits per heavy atom. The van der Waals surface area contributed by atoms with Crippen LogP contribution in [0, 0.1) is 12.8 Å². The van der Waals surface area contributed by atoms with Crippen LogP contribution in [0.15, 0.2) is 12.1 Å². The van der Waals surface area contributed by atoms with Gasteiger partial charge >= 0.3 is 0 Å². The fourth-order valence-electron chi connectivity index (χ4n) is 2.21. The third kappa shape index (κ3) is 3.81. The molecule has 1 amide bonds. The minimum Gasteiger partial charge on any atom is -0.351 e. The van der Waals surface area contributed by atoms with Crippen molar-refractivity contribution in [1.82, 2.24) is 5.32 Å². The molecule has 0 bridgehead atoms. The van der Waals surface area contributed by atoms with E-state index >= 15 is 0 Å². The number of carbonyl (C=O) groups excluding carboxylic acids is 1. The number of carbonyl (C=O) groups is 1. The molecule has 0 unspecified atom stereocenters. The van der Waals surface area contributed by atoms with E-state index in [1.165, 1.54) is 30.6 Å². The van der Waals surface area contributed by atoms with Gasteiger partial charge in [-0.3, -0.25) is 4.79 Å². The maximum absolute atomic E-state index is 11.9. The molecule has 4 heteroatoms. The Bertz CT molecular complexity index is 383. The Morgan fingerprint density at radius 3 is 2.71 bits per heavy atom. The second-order valence-corrected chi connectivity index (χ2v) is 7.32. The van der Waals surface area contributed by atoms with E-state index in [-0.39, 0.29) is 5.91 Å². The summed E-state index contributed by atoms with van der Waals surface area (Å²) in [6, 6.07) is 3.90. The molecule has 0 atom stereocenters. The number of thiophene rings is 1. The number of aryl methyl sites for hydroxylation is 1. The standard InChI is InChI=1S/C13H18BrNOS/c1-9-2-7-12(17-9)13(16)15-8-10-3-5-11(14)6-4-10/h2,7,10-11H,3-6,8H2,1H3,(H,15,16). The summed E-state index contributed by atoms with van der Waals surface area (Å²) < 4.78 is 0. The van der Waals surface area contributed by atoms with Gasteiger partial charge in [-0.2, -0.15) is 0 Å². The van der Waals surface area contributed by atoms with Crippen molar-refractivity contribution in [3.8, 4) is 0 Å². The Kier molecular flexibility index (Phi) is 4.62. The van der Waals surface area contributed by atoms with Gasteiger partial charge in [-0.05, 0) is 50.7 Å². The van der Waals surface area contributed by atoms with Crippen LogP contribution >= 0.6 is 27.3 Å². The van der Waals surface area contributed by atoms with E-state index in [0.29, 0.717) is 10.7 Å². The zero-order chi connectivity index (χ0) is 12.3. The summed E-state index contributed by atoms with van der Waals surface area (Å²) in [5.41, 5.74) is 0. The molecule has 1 N–H and O–H groups in total. The molecule has 1 fully saturated rings. The van der Waals surface area contributed by atoms with E-state index < -0.39 is 0 Å². The topological polar surface area (TPSA) is 29.1 Å². The van der Waals surface area contributed by atoms with Crippen molar-refractivity contribution >= 4 is 33.2 Å². The number of hydrogen-bond acceptors (Lipinski definition) is 2. The zero-order valence-electron chi connectivity index (χ0n) is 10.0. The second-order valence-electron chi connectivity index (χ2n) is 4.74. The van der Waals surface area contributed by atoms with Crippen molar-refractivity contribution in [3.05, 3.63) is 21.9 Å². The maximum Gasteiger partial charge on any atom is 0.261 e. The minimum atomic E-state index is 0.0871. The monoisotopic (exact) mass is 315 g/mol. The summed E-state index contributed by atoms with van der Waals surface area (Å²) in [6.45, 7) is 2.86. The summed E-state index contributed by atoms with van der Waals surface area (Å²) in [6.07, 6.45) is 4.91. The van der Waals surface area contributed by atoms with Crippen LogP contribution < -0.4 is 5.32 Å². The van der Waals surface area contributed by atoms with Crippen LogP contribution in [-0.2, 0) is 0 Å². The van der Waals surface area contributed by atoms with E-state index in [0.717, 1.165) is 11.4 Å². The fourth-order valence-corrected chi connectivity index (χ4v) is 3.52. The molecule has 94 valence electrons. The van der Waals surface area contributed by atoms with Crippen molar-refractivity contribution in [2.24, 2.45) is 5.92 Å². The first-order valence-electron chi connectivity index (χ1n) is 6.14. The molecular formula is C13H18BrNOS. The maximum atomic E-state index is 11.9. The predicted octanol–water partition coefficient (Wildman–Crippen LogP) is 3.74. The lowest BCUT2D eigenvalue weighted by Crippen LogP contribution is -2.30. The van der Waals surface area contributed by atoms with Gasteiger partial charge in [-0.15, -0.1) is 11.3 Å². The van der Waals surface area contributed by atoms with Gasteiger partial charge < -0.3 is 5.32 Å². The van der Waals surface area contributed by atoms with Gasteiger partial charge in [0.2, 0.25) is 0 Å². The zero-order valence-corrected chi connectivity index (χ0v) is 12.4. The van der Waals surface area contributed by atoms with Crippen molar-refractivity contribution in [1.29, 1.82) is 0 Å². The summed E-state index contributed by atoms with van der Waals surface area (Å²) >= 11 is 5.21. The van der Waals surface area contributed by atoms with Crippen LogP contribution in [0.3, 0.4) is 0 Å². The first-order chi connectivity index (χ1) is 8.15. The third-order valence-corrected chi connectivity index (χ3v) is 5.21. The Hall–Kier alpha value is -0.350.